The molecule has 3 aromatic rings. The van der Waals surface area contributed by atoms with E-state index in [0.29, 0.717) is 17.1 Å². The standard InChI is InChI=1S/C16H11BrF2N4O3/c17-10-5-9(18)6-11(19)16(10)20-14(24)8-26-15(25)7-23-13-4-2-1-3-12(13)21-22-23/h1-6H,7-8H2,(H,20,24). The second-order valence-corrected chi connectivity index (χ2v) is 6.04. The van der Waals surface area contributed by atoms with Gasteiger partial charge >= 0.3 is 5.97 Å². The van der Waals surface area contributed by atoms with Gasteiger partial charge in [0, 0.05) is 10.5 Å². The van der Waals surface area contributed by atoms with Crippen LogP contribution in [0.5, 0.6) is 0 Å². The van der Waals surface area contributed by atoms with Gasteiger partial charge in [0.1, 0.15) is 17.9 Å². The van der Waals surface area contributed by atoms with Gasteiger partial charge in [-0.25, -0.2) is 13.5 Å². The van der Waals surface area contributed by atoms with Crippen LogP contribution in [0.2, 0.25) is 0 Å². The van der Waals surface area contributed by atoms with Crippen molar-refractivity contribution in [3.05, 3.63) is 52.5 Å². The summed E-state index contributed by atoms with van der Waals surface area (Å²) in [4.78, 5) is 23.7. The number of amides is 1. The van der Waals surface area contributed by atoms with Crippen LogP contribution in [-0.4, -0.2) is 33.5 Å². The maximum atomic E-state index is 13.7. The van der Waals surface area contributed by atoms with Crippen molar-refractivity contribution in [1.82, 2.24) is 15.0 Å². The van der Waals surface area contributed by atoms with Crippen LogP contribution < -0.4 is 5.32 Å². The number of nitrogens with one attached hydrogen (secondary N) is 1. The number of rotatable bonds is 5. The smallest absolute Gasteiger partial charge is 0.328 e. The van der Waals surface area contributed by atoms with E-state index in [0.717, 1.165) is 6.07 Å². The molecule has 0 atom stereocenters. The zero-order valence-corrected chi connectivity index (χ0v) is 14.7. The van der Waals surface area contributed by atoms with Crippen molar-refractivity contribution in [2.24, 2.45) is 0 Å². The fourth-order valence-electron chi connectivity index (χ4n) is 2.19. The van der Waals surface area contributed by atoms with Crippen LogP contribution in [0.25, 0.3) is 11.0 Å². The predicted molar refractivity (Wildman–Crippen MR) is 91.2 cm³/mol. The minimum atomic E-state index is -0.953. The second-order valence-electron chi connectivity index (χ2n) is 5.19. The number of halogens is 3. The molecule has 1 aromatic heterocycles. The molecule has 0 saturated carbocycles. The molecule has 0 aliphatic heterocycles. The maximum Gasteiger partial charge on any atom is 0.328 e. The Hall–Kier alpha value is -2.88. The molecule has 0 bridgehead atoms. The third kappa shape index (κ3) is 4.02. The first kappa shape index (κ1) is 17.9. The summed E-state index contributed by atoms with van der Waals surface area (Å²) >= 11 is 2.95. The summed E-state index contributed by atoms with van der Waals surface area (Å²) in [6.07, 6.45) is 0. The topological polar surface area (TPSA) is 86.1 Å². The third-order valence-corrected chi connectivity index (χ3v) is 3.96. The van der Waals surface area contributed by atoms with Crippen molar-refractivity contribution >= 4 is 44.5 Å². The monoisotopic (exact) mass is 424 g/mol. The molecule has 1 amide bonds. The van der Waals surface area contributed by atoms with Gasteiger partial charge in [-0.05, 0) is 34.1 Å². The summed E-state index contributed by atoms with van der Waals surface area (Å²) in [5.74, 6) is -3.23. The van der Waals surface area contributed by atoms with Crippen molar-refractivity contribution < 1.29 is 23.1 Å². The summed E-state index contributed by atoms with van der Waals surface area (Å²) in [5, 5.41) is 9.94. The summed E-state index contributed by atoms with van der Waals surface area (Å²) in [6.45, 7) is -0.864. The Labute approximate surface area is 154 Å². The van der Waals surface area contributed by atoms with E-state index in [-0.39, 0.29) is 16.7 Å². The van der Waals surface area contributed by atoms with Gasteiger partial charge in [0.15, 0.2) is 12.4 Å². The lowest BCUT2D eigenvalue weighted by atomic mass is 10.3. The number of ether oxygens (including phenoxy) is 1. The highest BCUT2D eigenvalue weighted by molar-refractivity contribution is 9.10. The van der Waals surface area contributed by atoms with E-state index >= 15 is 0 Å². The molecule has 0 spiro atoms. The van der Waals surface area contributed by atoms with E-state index in [1.54, 1.807) is 24.3 Å². The summed E-state index contributed by atoms with van der Waals surface area (Å²) in [7, 11) is 0. The highest BCUT2D eigenvalue weighted by atomic mass is 79.9. The molecule has 26 heavy (non-hydrogen) atoms. The average molecular weight is 425 g/mol. The molecular formula is C16H11BrF2N4O3. The van der Waals surface area contributed by atoms with Gasteiger partial charge < -0.3 is 10.1 Å². The maximum absolute atomic E-state index is 13.7. The number of aromatic nitrogens is 3. The van der Waals surface area contributed by atoms with Gasteiger partial charge in [0.25, 0.3) is 5.91 Å². The average Bonchev–Trinajstić information content (AvgIpc) is 2.99. The molecule has 134 valence electrons. The number of fused-ring (bicyclic) bond motifs is 1. The molecule has 3 rings (SSSR count). The quantitative estimate of drug-likeness (QED) is 0.636. The van der Waals surface area contributed by atoms with Gasteiger partial charge in [-0.3, -0.25) is 9.59 Å². The Kier molecular flexibility index (Phi) is 5.21. The molecular weight excluding hydrogens is 414 g/mol. The van der Waals surface area contributed by atoms with Crippen LogP contribution >= 0.6 is 15.9 Å². The highest BCUT2D eigenvalue weighted by Crippen LogP contribution is 2.26. The SMILES string of the molecule is O=C(COC(=O)Cn1nnc2ccccc21)Nc1c(F)cc(F)cc1Br. The van der Waals surface area contributed by atoms with Crippen molar-refractivity contribution in [3.63, 3.8) is 0 Å². The van der Waals surface area contributed by atoms with Crippen molar-refractivity contribution in [1.29, 1.82) is 0 Å². The fourth-order valence-corrected chi connectivity index (χ4v) is 2.69. The van der Waals surface area contributed by atoms with E-state index in [1.165, 1.54) is 4.68 Å². The number of hydrogen-bond acceptors (Lipinski definition) is 5. The van der Waals surface area contributed by atoms with Crippen LogP contribution in [0.15, 0.2) is 40.9 Å². The van der Waals surface area contributed by atoms with E-state index in [2.05, 4.69) is 31.6 Å². The number of para-hydroxylation sites is 1. The van der Waals surface area contributed by atoms with Crippen LogP contribution in [0.3, 0.4) is 0 Å². The summed E-state index contributed by atoms with van der Waals surface area (Å²) < 4.78 is 32.9. The predicted octanol–water partition coefficient (Wildman–Crippen LogP) is 2.65. The number of anilines is 1. The van der Waals surface area contributed by atoms with Crippen molar-refractivity contribution in [2.75, 3.05) is 11.9 Å². The molecule has 7 nitrogen and oxygen atoms in total. The largest absolute Gasteiger partial charge is 0.454 e. The lowest BCUT2D eigenvalue weighted by Crippen LogP contribution is -2.24. The first-order valence-electron chi connectivity index (χ1n) is 7.32. The fraction of sp³-hybridized carbons (Fsp3) is 0.125. The molecule has 0 fully saturated rings. The lowest BCUT2D eigenvalue weighted by Gasteiger charge is -2.09. The third-order valence-electron chi connectivity index (χ3n) is 3.33. The molecule has 0 aliphatic rings. The minimum Gasteiger partial charge on any atom is -0.454 e. The molecule has 1 N–H and O–H groups in total. The Balaban J connectivity index is 1.57. The first-order chi connectivity index (χ1) is 12.4. The minimum absolute atomic E-state index is 0.0313. The molecule has 0 saturated heterocycles. The molecule has 2 aromatic carbocycles. The number of hydrogen-bond donors (Lipinski definition) is 1. The van der Waals surface area contributed by atoms with E-state index in [4.69, 9.17) is 4.74 Å². The van der Waals surface area contributed by atoms with Gasteiger partial charge in [0.05, 0.1) is 11.2 Å². The van der Waals surface area contributed by atoms with Gasteiger partial charge in [0.2, 0.25) is 0 Å². The normalized spacial score (nSPS) is 10.7. The summed E-state index contributed by atoms with van der Waals surface area (Å²) in [6, 6.07) is 8.67. The molecule has 0 aliphatic carbocycles. The van der Waals surface area contributed by atoms with Crippen LogP contribution in [0.1, 0.15) is 0 Å². The molecule has 1 heterocycles. The first-order valence-corrected chi connectivity index (χ1v) is 8.11. The Morgan fingerprint density at radius 1 is 1.23 bits per heavy atom. The second kappa shape index (κ2) is 7.56. The molecule has 0 radical (unpaired) electrons. The number of nitrogens with zero attached hydrogens (tertiary/aromatic N) is 3. The Morgan fingerprint density at radius 3 is 2.77 bits per heavy atom. The van der Waals surface area contributed by atoms with Crippen LogP contribution in [-0.2, 0) is 20.9 Å². The van der Waals surface area contributed by atoms with Gasteiger partial charge in [-0.1, -0.05) is 17.3 Å². The van der Waals surface area contributed by atoms with Crippen molar-refractivity contribution in [3.8, 4) is 0 Å². The van der Waals surface area contributed by atoms with Crippen LogP contribution in [0.4, 0.5) is 14.5 Å². The van der Waals surface area contributed by atoms with E-state index in [9.17, 15) is 18.4 Å². The van der Waals surface area contributed by atoms with E-state index in [1.807, 2.05) is 0 Å². The lowest BCUT2D eigenvalue weighted by molar-refractivity contribution is -0.148. The highest BCUT2D eigenvalue weighted by Gasteiger charge is 2.15. The number of esters is 1. The zero-order valence-electron chi connectivity index (χ0n) is 13.1. The van der Waals surface area contributed by atoms with Gasteiger partial charge in [-0.2, -0.15) is 0 Å². The Bertz CT molecular complexity index is 970. The zero-order chi connectivity index (χ0) is 18.7. The molecule has 0 unspecified atom stereocenters. The number of carbonyl (C=O) groups is 2. The molecule has 10 heteroatoms. The Morgan fingerprint density at radius 2 is 2.00 bits per heavy atom. The number of benzene rings is 2. The van der Waals surface area contributed by atoms with Crippen molar-refractivity contribution in [2.45, 2.75) is 6.54 Å². The van der Waals surface area contributed by atoms with Gasteiger partial charge in [-0.15, -0.1) is 5.10 Å². The van der Waals surface area contributed by atoms with Crippen LogP contribution in [0, 0.1) is 11.6 Å². The summed E-state index contributed by atoms with van der Waals surface area (Å²) in [5.41, 5.74) is 1.02. The van der Waals surface area contributed by atoms with E-state index < -0.39 is 30.1 Å². The number of carbonyl (C=O) groups excluding carboxylic acids is 2.